The number of hydrogen-bond acceptors (Lipinski definition) is 2. The van der Waals surface area contributed by atoms with E-state index in [0.717, 1.165) is 6.42 Å². The number of nitrogens with one attached hydrogen (secondary N) is 1. The van der Waals surface area contributed by atoms with Crippen LogP contribution in [0.15, 0.2) is 30.3 Å². The Kier molecular flexibility index (Phi) is 4.13. The molecule has 1 atom stereocenters. The number of amides is 1. The van der Waals surface area contributed by atoms with E-state index in [1.807, 2.05) is 25.1 Å². The predicted molar refractivity (Wildman–Crippen MR) is 56.0 cm³/mol. The van der Waals surface area contributed by atoms with Crippen molar-refractivity contribution in [3.05, 3.63) is 30.3 Å². The Morgan fingerprint density at radius 3 is 2.64 bits per heavy atom. The first-order valence-corrected chi connectivity index (χ1v) is 4.78. The van der Waals surface area contributed by atoms with E-state index in [1.54, 1.807) is 12.1 Å². The number of rotatable bonds is 4. The third kappa shape index (κ3) is 3.18. The molecule has 0 aromatic heterocycles. The van der Waals surface area contributed by atoms with Gasteiger partial charge in [0.25, 0.3) is 5.91 Å². The van der Waals surface area contributed by atoms with Crippen LogP contribution >= 0.6 is 0 Å². The van der Waals surface area contributed by atoms with E-state index >= 15 is 0 Å². The van der Waals surface area contributed by atoms with Crippen molar-refractivity contribution < 1.29 is 9.90 Å². The molecule has 0 aliphatic heterocycles. The topological polar surface area (TPSA) is 49.3 Å². The zero-order valence-corrected chi connectivity index (χ0v) is 8.23. The first kappa shape index (κ1) is 10.7. The molecule has 0 unspecified atom stereocenters. The summed E-state index contributed by atoms with van der Waals surface area (Å²) >= 11 is 0. The summed E-state index contributed by atoms with van der Waals surface area (Å²) in [6, 6.07) is 9.12. The lowest BCUT2D eigenvalue weighted by molar-refractivity contribution is -0.124. The van der Waals surface area contributed by atoms with Gasteiger partial charge in [-0.15, -0.1) is 0 Å². The molecule has 0 saturated heterocycles. The van der Waals surface area contributed by atoms with Gasteiger partial charge in [0, 0.05) is 5.69 Å². The molecule has 3 nitrogen and oxygen atoms in total. The molecular weight excluding hydrogens is 178 g/mol. The number of aliphatic hydroxyl groups excluding tert-OH is 1. The summed E-state index contributed by atoms with van der Waals surface area (Å²) in [5.41, 5.74) is 0.715. The van der Waals surface area contributed by atoms with Gasteiger partial charge >= 0.3 is 0 Å². The normalized spacial score (nSPS) is 12.1. The van der Waals surface area contributed by atoms with Crippen LogP contribution in [-0.2, 0) is 4.79 Å². The molecule has 0 aliphatic carbocycles. The molecule has 0 saturated carbocycles. The van der Waals surface area contributed by atoms with Gasteiger partial charge in [-0.1, -0.05) is 31.5 Å². The molecule has 1 amide bonds. The SMILES string of the molecule is CCC[C@@H](O)C(=O)Nc1ccccc1. The van der Waals surface area contributed by atoms with E-state index < -0.39 is 6.10 Å². The summed E-state index contributed by atoms with van der Waals surface area (Å²) in [6.07, 6.45) is 0.391. The summed E-state index contributed by atoms with van der Waals surface area (Å²) < 4.78 is 0. The van der Waals surface area contributed by atoms with E-state index in [2.05, 4.69) is 5.32 Å². The highest BCUT2D eigenvalue weighted by Gasteiger charge is 2.12. The van der Waals surface area contributed by atoms with Gasteiger partial charge in [-0.25, -0.2) is 0 Å². The van der Waals surface area contributed by atoms with Crippen LogP contribution < -0.4 is 5.32 Å². The van der Waals surface area contributed by atoms with E-state index in [1.165, 1.54) is 0 Å². The monoisotopic (exact) mass is 193 g/mol. The van der Waals surface area contributed by atoms with Gasteiger partial charge in [-0.05, 0) is 18.6 Å². The van der Waals surface area contributed by atoms with Gasteiger partial charge in [-0.2, -0.15) is 0 Å². The Hall–Kier alpha value is -1.35. The fourth-order valence-corrected chi connectivity index (χ4v) is 1.15. The second-order valence-electron chi connectivity index (χ2n) is 3.16. The fourth-order valence-electron chi connectivity index (χ4n) is 1.15. The van der Waals surface area contributed by atoms with E-state index in [0.29, 0.717) is 12.1 Å². The van der Waals surface area contributed by atoms with Crippen molar-refractivity contribution in [1.29, 1.82) is 0 Å². The summed E-state index contributed by atoms with van der Waals surface area (Å²) in [5.74, 6) is -0.335. The van der Waals surface area contributed by atoms with Crippen LogP contribution in [0, 0.1) is 0 Å². The van der Waals surface area contributed by atoms with E-state index in [4.69, 9.17) is 0 Å². The molecule has 0 aliphatic rings. The van der Waals surface area contributed by atoms with E-state index in [9.17, 15) is 9.90 Å². The minimum Gasteiger partial charge on any atom is -0.383 e. The highest BCUT2D eigenvalue weighted by Crippen LogP contribution is 2.06. The predicted octanol–water partition coefficient (Wildman–Crippen LogP) is 1.79. The quantitative estimate of drug-likeness (QED) is 0.765. The molecule has 1 rings (SSSR count). The number of para-hydroxylation sites is 1. The molecule has 14 heavy (non-hydrogen) atoms. The Morgan fingerprint density at radius 2 is 2.07 bits per heavy atom. The second-order valence-corrected chi connectivity index (χ2v) is 3.16. The van der Waals surface area contributed by atoms with Crippen LogP contribution in [0.5, 0.6) is 0 Å². The minimum atomic E-state index is -0.903. The van der Waals surface area contributed by atoms with Gasteiger partial charge < -0.3 is 10.4 Å². The van der Waals surface area contributed by atoms with Crippen molar-refractivity contribution >= 4 is 11.6 Å². The molecule has 76 valence electrons. The molecule has 0 fully saturated rings. The third-order valence-electron chi connectivity index (χ3n) is 1.91. The molecule has 0 radical (unpaired) electrons. The summed E-state index contributed by atoms with van der Waals surface area (Å²) in [6.45, 7) is 1.93. The van der Waals surface area contributed by atoms with Gasteiger partial charge in [0.1, 0.15) is 6.10 Å². The second kappa shape index (κ2) is 5.40. The van der Waals surface area contributed by atoms with Crippen molar-refractivity contribution in [3.8, 4) is 0 Å². The maximum Gasteiger partial charge on any atom is 0.253 e. The van der Waals surface area contributed by atoms with Gasteiger partial charge in [-0.3, -0.25) is 4.79 Å². The molecule has 2 N–H and O–H groups in total. The van der Waals surface area contributed by atoms with Gasteiger partial charge in [0.15, 0.2) is 0 Å². The average molecular weight is 193 g/mol. The van der Waals surface area contributed by atoms with Crippen LogP contribution in [0.25, 0.3) is 0 Å². The number of carbonyl (C=O) groups excluding carboxylic acids is 1. The van der Waals surface area contributed by atoms with E-state index in [-0.39, 0.29) is 5.91 Å². The Bertz CT molecular complexity index is 285. The van der Waals surface area contributed by atoms with Crippen molar-refractivity contribution in [3.63, 3.8) is 0 Å². The third-order valence-corrected chi connectivity index (χ3v) is 1.91. The van der Waals surface area contributed by atoms with Gasteiger partial charge in [0.05, 0.1) is 0 Å². The van der Waals surface area contributed by atoms with Crippen LogP contribution in [0.1, 0.15) is 19.8 Å². The lowest BCUT2D eigenvalue weighted by atomic mass is 10.2. The van der Waals surface area contributed by atoms with Crippen LogP contribution in [-0.4, -0.2) is 17.1 Å². The van der Waals surface area contributed by atoms with Crippen molar-refractivity contribution in [2.24, 2.45) is 0 Å². The summed E-state index contributed by atoms with van der Waals surface area (Å²) in [7, 11) is 0. The highest BCUT2D eigenvalue weighted by molar-refractivity contribution is 5.93. The molecule has 1 aromatic rings. The smallest absolute Gasteiger partial charge is 0.253 e. The van der Waals surface area contributed by atoms with Crippen molar-refractivity contribution in [2.75, 3.05) is 5.32 Å². The molecule has 0 heterocycles. The zero-order valence-electron chi connectivity index (χ0n) is 8.23. The lowest BCUT2D eigenvalue weighted by Gasteiger charge is -2.09. The first-order valence-electron chi connectivity index (χ1n) is 4.78. The number of hydrogen-bond donors (Lipinski definition) is 2. The lowest BCUT2D eigenvalue weighted by Crippen LogP contribution is -2.27. The van der Waals surface area contributed by atoms with Crippen molar-refractivity contribution in [1.82, 2.24) is 0 Å². The number of carbonyl (C=O) groups is 1. The van der Waals surface area contributed by atoms with Crippen LogP contribution in [0.4, 0.5) is 5.69 Å². The Morgan fingerprint density at radius 1 is 1.43 bits per heavy atom. The molecule has 1 aromatic carbocycles. The largest absolute Gasteiger partial charge is 0.383 e. The number of anilines is 1. The Labute approximate surface area is 83.8 Å². The maximum absolute atomic E-state index is 11.3. The zero-order chi connectivity index (χ0) is 10.4. The molecular formula is C11H15NO2. The fraction of sp³-hybridized carbons (Fsp3) is 0.364. The molecule has 0 bridgehead atoms. The standard InChI is InChI=1S/C11H15NO2/c1-2-6-10(13)11(14)12-9-7-4-3-5-8-9/h3-5,7-8,10,13H,2,6H2,1H3,(H,12,14)/t10-/m1/s1. The molecule has 0 spiro atoms. The number of aliphatic hydroxyl groups is 1. The minimum absolute atomic E-state index is 0.335. The number of benzene rings is 1. The maximum atomic E-state index is 11.3. The Balaban J connectivity index is 2.49. The summed E-state index contributed by atoms with van der Waals surface area (Å²) in [5, 5.41) is 12.0. The van der Waals surface area contributed by atoms with Crippen LogP contribution in [0.2, 0.25) is 0 Å². The average Bonchev–Trinajstić information content (AvgIpc) is 2.19. The van der Waals surface area contributed by atoms with Crippen LogP contribution in [0.3, 0.4) is 0 Å². The molecule has 3 heteroatoms. The first-order chi connectivity index (χ1) is 6.74. The summed E-state index contributed by atoms with van der Waals surface area (Å²) in [4.78, 5) is 11.3. The van der Waals surface area contributed by atoms with Crippen molar-refractivity contribution in [2.45, 2.75) is 25.9 Å². The van der Waals surface area contributed by atoms with Gasteiger partial charge in [0.2, 0.25) is 0 Å². The highest BCUT2D eigenvalue weighted by atomic mass is 16.3.